The number of Topliss-reactive ketones (excluding diaryl/α,β-unsaturated/α-hetero) is 1. The summed E-state index contributed by atoms with van der Waals surface area (Å²) in [7, 11) is 0. The number of carbonyl (C=O) groups is 1. The summed E-state index contributed by atoms with van der Waals surface area (Å²) < 4.78 is 0. The van der Waals surface area contributed by atoms with Gasteiger partial charge in [-0.2, -0.15) is 0 Å². The zero-order valence-corrected chi connectivity index (χ0v) is 11.1. The van der Waals surface area contributed by atoms with Gasteiger partial charge in [-0.25, -0.2) is 4.98 Å². The minimum Gasteiger partial charge on any atom is -0.342 e. The lowest BCUT2D eigenvalue weighted by Gasteiger charge is -2.22. The van der Waals surface area contributed by atoms with Crippen LogP contribution in [0.5, 0.6) is 0 Å². The molecule has 96 valence electrons. The van der Waals surface area contributed by atoms with Crippen LogP contribution in [0.1, 0.15) is 36.5 Å². The fourth-order valence-corrected chi connectivity index (χ4v) is 2.14. The SMILES string of the molecule is Cc1nc2ccc(C(=O)C(C)(C)CCN)cc2[nH]1. The summed E-state index contributed by atoms with van der Waals surface area (Å²) in [6, 6.07) is 5.59. The van der Waals surface area contributed by atoms with Crippen LogP contribution in [0.3, 0.4) is 0 Å². The molecule has 0 radical (unpaired) electrons. The number of benzene rings is 1. The van der Waals surface area contributed by atoms with E-state index < -0.39 is 5.41 Å². The van der Waals surface area contributed by atoms with E-state index in [1.807, 2.05) is 39.0 Å². The van der Waals surface area contributed by atoms with Crippen molar-refractivity contribution in [3.8, 4) is 0 Å². The number of fused-ring (bicyclic) bond motifs is 1. The number of nitrogens with zero attached hydrogens (tertiary/aromatic N) is 1. The molecule has 0 bridgehead atoms. The van der Waals surface area contributed by atoms with E-state index in [0.717, 1.165) is 16.9 Å². The van der Waals surface area contributed by atoms with Gasteiger partial charge in [-0.15, -0.1) is 0 Å². The summed E-state index contributed by atoms with van der Waals surface area (Å²) in [5, 5.41) is 0. The fraction of sp³-hybridized carbons (Fsp3) is 0.429. The van der Waals surface area contributed by atoms with Crippen LogP contribution in [0.2, 0.25) is 0 Å². The Kier molecular flexibility index (Phi) is 3.22. The number of imidazole rings is 1. The van der Waals surface area contributed by atoms with E-state index in [4.69, 9.17) is 5.73 Å². The maximum Gasteiger partial charge on any atom is 0.168 e. The van der Waals surface area contributed by atoms with Crippen molar-refractivity contribution in [3.05, 3.63) is 29.6 Å². The normalized spacial score (nSPS) is 12.0. The number of H-pyrrole nitrogens is 1. The van der Waals surface area contributed by atoms with E-state index in [9.17, 15) is 4.79 Å². The molecule has 2 rings (SSSR count). The maximum atomic E-state index is 12.4. The largest absolute Gasteiger partial charge is 0.342 e. The van der Waals surface area contributed by atoms with Gasteiger partial charge in [0, 0.05) is 11.0 Å². The predicted octanol–water partition coefficient (Wildman–Crippen LogP) is 2.43. The molecule has 0 spiro atoms. The van der Waals surface area contributed by atoms with Gasteiger partial charge in [-0.3, -0.25) is 4.79 Å². The molecule has 0 aliphatic carbocycles. The Hall–Kier alpha value is -1.68. The highest BCUT2D eigenvalue weighted by atomic mass is 16.1. The quantitative estimate of drug-likeness (QED) is 0.813. The van der Waals surface area contributed by atoms with Gasteiger partial charge in [0.25, 0.3) is 0 Å². The second-order valence-corrected chi connectivity index (χ2v) is 5.31. The summed E-state index contributed by atoms with van der Waals surface area (Å²) in [4.78, 5) is 19.9. The van der Waals surface area contributed by atoms with Gasteiger partial charge in [0.05, 0.1) is 11.0 Å². The average Bonchev–Trinajstić information content (AvgIpc) is 2.66. The highest BCUT2D eigenvalue weighted by Gasteiger charge is 2.27. The molecule has 18 heavy (non-hydrogen) atoms. The zero-order chi connectivity index (χ0) is 13.3. The molecule has 0 unspecified atom stereocenters. The average molecular weight is 245 g/mol. The first-order chi connectivity index (χ1) is 8.44. The van der Waals surface area contributed by atoms with Crippen LogP contribution in [0, 0.1) is 12.3 Å². The smallest absolute Gasteiger partial charge is 0.168 e. The number of aromatic nitrogens is 2. The molecule has 1 aromatic carbocycles. The van der Waals surface area contributed by atoms with Gasteiger partial charge >= 0.3 is 0 Å². The molecule has 0 aliphatic rings. The molecule has 0 amide bonds. The van der Waals surface area contributed by atoms with Crippen molar-refractivity contribution >= 4 is 16.8 Å². The van der Waals surface area contributed by atoms with E-state index in [0.29, 0.717) is 18.5 Å². The molecular weight excluding hydrogens is 226 g/mol. The van der Waals surface area contributed by atoms with Crippen molar-refractivity contribution in [1.82, 2.24) is 9.97 Å². The Balaban J connectivity index is 2.38. The van der Waals surface area contributed by atoms with Crippen LogP contribution in [0.4, 0.5) is 0 Å². The number of aromatic amines is 1. The lowest BCUT2D eigenvalue weighted by atomic mass is 9.81. The Morgan fingerprint density at radius 1 is 1.44 bits per heavy atom. The molecule has 2 aromatic rings. The highest BCUT2D eigenvalue weighted by molar-refractivity contribution is 6.02. The number of nitrogens with two attached hydrogens (primary N) is 1. The van der Waals surface area contributed by atoms with Gasteiger partial charge in [0.15, 0.2) is 5.78 Å². The van der Waals surface area contributed by atoms with Gasteiger partial charge in [0.2, 0.25) is 0 Å². The molecular formula is C14H19N3O. The second-order valence-electron chi connectivity index (χ2n) is 5.31. The van der Waals surface area contributed by atoms with Crippen molar-refractivity contribution < 1.29 is 4.79 Å². The minimum atomic E-state index is -0.419. The van der Waals surface area contributed by atoms with Crippen LogP contribution < -0.4 is 5.73 Å². The highest BCUT2D eigenvalue weighted by Crippen LogP contribution is 2.26. The lowest BCUT2D eigenvalue weighted by molar-refractivity contribution is 0.0829. The van der Waals surface area contributed by atoms with Crippen LogP contribution >= 0.6 is 0 Å². The number of rotatable bonds is 4. The minimum absolute atomic E-state index is 0.127. The first kappa shape index (κ1) is 12.8. The molecule has 3 N–H and O–H groups in total. The number of carbonyl (C=O) groups excluding carboxylic acids is 1. The van der Waals surface area contributed by atoms with E-state index >= 15 is 0 Å². The first-order valence-electron chi connectivity index (χ1n) is 6.15. The molecule has 0 saturated carbocycles. The molecule has 0 saturated heterocycles. The van der Waals surface area contributed by atoms with Crippen molar-refractivity contribution in [3.63, 3.8) is 0 Å². The van der Waals surface area contributed by atoms with Crippen LogP contribution in [0.15, 0.2) is 18.2 Å². The topological polar surface area (TPSA) is 71.8 Å². The third-order valence-corrected chi connectivity index (χ3v) is 3.25. The number of nitrogens with one attached hydrogen (secondary N) is 1. The first-order valence-corrected chi connectivity index (χ1v) is 6.15. The summed E-state index contributed by atoms with van der Waals surface area (Å²) >= 11 is 0. The Morgan fingerprint density at radius 3 is 2.83 bits per heavy atom. The Bertz CT molecular complexity index is 584. The Labute approximate surface area is 107 Å². The van der Waals surface area contributed by atoms with E-state index in [1.54, 1.807) is 0 Å². The number of ketones is 1. The summed E-state index contributed by atoms with van der Waals surface area (Å²) in [5.41, 5.74) is 7.64. The van der Waals surface area contributed by atoms with Gasteiger partial charge in [0.1, 0.15) is 5.82 Å². The van der Waals surface area contributed by atoms with Crippen molar-refractivity contribution in [2.75, 3.05) is 6.54 Å². The maximum absolute atomic E-state index is 12.4. The van der Waals surface area contributed by atoms with Crippen LogP contribution in [-0.4, -0.2) is 22.3 Å². The zero-order valence-electron chi connectivity index (χ0n) is 11.1. The number of hydrogen-bond donors (Lipinski definition) is 2. The number of aryl methyl sites for hydroxylation is 1. The van der Waals surface area contributed by atoms with E-state index in [1.165, 1.54) is 0 Å². The second kappa shape index (κ2) is 4.53. The third kappa shape index (κ3) is 2.29. The van der Waals surface area contributed by atoms with Gasteiger partial charge < -0.3 is 10.7 Å². The summed E-state index contributed by atoms with van der Waals surface area (Å²) in [5.74, 6) is 0.984. The molecule has 1 heterocycles. The third-order valence-electron chi connectivity index (χ3n) is 3.25. The molecule has 4 heteroatoms. The standard InChI is InChI=1S/C14H19N3O/c1-9-16-11-5-4-10(8-12(11)17-9)13(18)14(2,3)6-7-15/h4-5,8H,6-7,15H2,1-3H3,(H,16,17). The van der Waals surface area contributed by atoms with Crippen molar-refractivity contribution in [2.24, 2.45) is 11.1 Å². The molecule has 4 nitrogen and oxygen atoms in total. The fourth-order valence-electron chi connectivity index (χ4n) is 2.14. The van der Waals surface area contributed by atoms with Crippen molar-refractivity contribution in [1.29, 1.82) is 0 Å². The van der Waals surface area contributed by atoms with E-state index in [-0.39, 0.29) is 5.78 Å². The predicted molar refractivity (Wildman–Crippen MR) is 72.6 cm³/mol. The van der Waals surface area contributed by atoms with Gasteiger partial charge in [-0.05, 0) is 38.1 Å². The Morgan fingerprint density at radius 2 is 2.17 bits per heavy atom. The monoisotopic (exact) mass is 245 g/mol. The van der Waals surface area contributed by atoms with Crippen LogP contribution in [0.25, 0.3) is 11.0 Å². The summed E-state index contributed by atoms with van der Waals surface area (Å²) in [6.07, 6.45) is 0.686. The molecule has 1 aromatic heterocycles. The molecule has 0 atom stereocenters. The van der Waals surface area contributed by atoms with Crippen LogP contribution in [-0.2, 0) is 0 Å². The summed E-state index contributed by atoms with van der Waals surface area (Å²) in [6.45, 7) is 6.29. The van der Waals surface area contributed by atoms with Gasteiger partial charge in [-0.1, -0.05) is 13.8 Å². The van der Waals surface area contributed by atoms with E-state index in [2.05, 4.69) is 9.97 Å². The van der Waals surface area contributed by atoms with Crippen molar-refractivity contribution in [2.45, 2.75) is 27.2 Å². The number of hydrogen-bond acceptors (Lipinski definition) is 3. The molecule has 0 fully saturated rings. The lowest BCUT2D eigenvalue weighted by Crippen LogP contribution is -2.27. The molecule has 0 aliphatic heterocycles.